The van der Waals surface area contributed by atoms with Gasteiger partial charge in [-0.25, -0.2) is 0 Å². The molecule has 0 aliphatic rings. The highest BCUT2D eigenvalue weighted by molar-refractivity contribution is 5.93. The van der Waals surface area contributed by atoms with E-state index in [-0.39, 0.29) is 5.91 Å². The van der Waals surface area contributed by atoms with E-state index in [1.165, 1.54) is 0 Å². The van der Waals surface area contributed by atoms with Crippen molar-refractivity contribution in [2.45, 2.75) is 26.7 Å². The molecule has 104 valence electrons. The highest BCUT2D eigenvalue weighted by Gasteiger charge is 2.07. The van der Waals surface area contributed by atoms with Crippen molar-refractivity contribution >= 4 is 17.3 Å². The number of rotatable bonds is 4. The van der Waals surface area contributed by atoms with E-state index in [2.05, 4.69) is 12.2 Å². The van der Waals surface area contributed by atoms with Crippen molar-refractivity contribution in [1.29, 1.82) is 0 Å². The van der Waals surface area contributed by atoms with Gasteiger partial charge in [0.2, 0.25) is 5.91 Å². The zero-order chi connectivity index (χ0) is 14.5. The number of aryl methyl sites for hydroxylation is 2. The Morgan fingerprint density at radius 2 is 1.90 bits per heavy atom. The van der Waals surface area contributed by atoms with Crippen LogP contribution in [0, 0.1) is 6.92 Å². The summed E-state index contributed by atoms with van der Waals surface area (Å²) >= 11 is 0. The fourth-order valence-electron chi connectivity index (χ4n) is 2.18. The molecule has 2 rings (SSSR count). The molecule has 2 aromatic rings. The molecule has 3 N–H and O–H groups in total. The Hall–Kier alpha value is -2.29. The zero-order valence-corrected chi connectivity index (χ0v) is 11.9. The number of anilines is 2. The maximum atomic E-state index is 12.0. The summed E-state index contributed by atoms with van der Waals surface area (Å²) < 4.78 is 0. The van der Waals surface area contributed by atoms with Crippen molar-refractivity contribution in [2.75, 3.05) is 11.1 Å². The van der Waals surface area contributed by atoms with Gasteiger partial charge in [0.1, 0.15) is 0 Å². The highest BCUT2D eigenvalue weighted by atomic mass is 16.1. The summed E-state index contributed by atoms with van der Waals surface area (Å²) in [7, 11) is 0. The third-order valence-electron chi connectivity index (χ3n) is 3.42. The molecule has 3 heteroatoms. The lowest BCUT2D eigenvalue weighted by molar-refractivity contribution is -0.115. The van der Waals surface area contributed by atoms with Gasteiger partial charge in [-0.1, -0.05) is 37.3 Å². The van der Waals surface area contributed by atoms with E-state index >= 15 is 0 Å². The van der Waals surface area contributed by atoms with E-state index in [0.29, 0.717) is 6.42 Å². The summed E-state index contributed by atoms with van der Waals surface area (Å²) in [4.78, 5) is 12.0. The van der Waals surface area contributed by atoms with Gasteiger partial charge in [0.25, 0.3) is 0 Å². The first kappa shape index (κ1) is 14.1. The fourth-order valence-corrected chi connectivity index (χ4v) is 2.18. The number of nitrogens with one attached hydrogen (secondary N) is 1. The first-order chi connectivity index (χ1) is 9.60. The Labute approximate surface area is 119 Å². The largest absolute Gasteiger partial charge is 0.398 e. The molecular weight excluding hydrogens is 248 g/mol. The minimum absolute atomic E-state index is 0.0250. The Balaban J connectivity index is 2.05. The van der Waals surface area contributed by atoms with Gasteiger partial charge in [0.15, 0.2) is 0 Å². The Morgan fingerprint density at radius 3 is 2.55 bits per heavy atom. The Morgan fingerprint density at radius 1 is 1.15 bits per heavy atom. The van der Waals surface area contributed by atoms with E-state index in [1.807, 2.05) is 49.4 Å². The second-order valence-corrected chi connectivity index (χ2v) is 4.92. The summed E-state index contributed by atoms with van der Waals surface area (Å²) in [6, 6.07) is 13.6. The molecule has 1 amide bonds. The summed E-state index contributed by atoms with van der Waals surface area (Å²) in [5.41, 5.74) is 10.7. The van der Waals surface area contributed by atoms with Gasteiger partial charge in [0, 0.05) is 11.4 Å². The molecule has 20 heavy (non-hydrogen) atoms. The van der Waals surface area contributed by atoms with Gasteiger partial charge >= 0.3 is 0 Å². The quantitative estimate of drug-likeness (QED) is 0.836. The Bertz CT molecular complexity index is 620. The van der Waals surface area contributed by atoms with Gasteiger partial charge in [0.05, 0.1) is 6.42 Å². The first-order valence-corrected chi connectivity index (χ1v) is 6.83. The lowest BCUT2D eigenvalue weighted by Gasteiger charge is -2.09. The molecule has 0 fully saturated rings. The number of nitrogens with two attached hydrogens (primary N) is 1. The van der Waals surface area contributed by atoms with E-state index < -0.39 is 0 Å². The van der Waals surface area contributed by atoms with Crippen LogP contribution < -0.4 is 11.1 Å². The second-order valence-electron chi connectivity index (χ2n) is 4.92. The topological polar surface area (TPSA) is 55.1 Å². The molecule has 0 bridgehead atoms. The summed E-state index contributed by atoms with van der Waals surface area (Å²) in [5.74, 6) is -0.0250. The molecular formula is C17H20N2O. The van der Waals surface area contributed by atoms with Crippen molar-refractivity contribution < 1.29 is 4.79 Å². The van der Waals surface area contributed by atoms with Crippen LogP contribution in [0.3, 0.4) is 0 Å². The molecule has 0 aliphatic carbocycles. The van der Waals surface area contributed by atoms with Crippen LogP contribution in [0.1, 0.15) is 23.6 Å². The minimum Gasteiger partial charge on any atom is -0.398 e. The third-order valence-corrected chi connectivity index (χ3v) is 3.42. The van der Waals surface area contributed by atoms with Gasteiger partial charge in [-0.3, -0.25) is 4.79 Å². The van der Waals surface area contributed by atoms with Crippen LogP contribution in [0.5, 0.6) is 0 Å². The maximum Gasteiger partial charge on any atom is 0.228 e. The fraction of sp³-hybridized carbons (Fsp3) is 0.235. The van der Waals surface area contributed by atoms with Crippen LogP contribution in [0.15, 0.2) is 42.5 Å². The SMILES string of the molecule is CCc1ccc(NC(=O)Cc2ccccc2C)cc1N. The van der Waals surface area contributed by atoms with Crippen LogP contribution in [-0.4, -0.2) is 5.91 Å². The average Bonchev–Trinajstić information content (AvgIpc) is 2.41. The van der Waals surface area contributed by atoms with Crippen LogP contribution in [0.25, 0.3) is 0 Å². The van der Waals surface area contributed by atoms with Crippen molar-refractivity contribution in [1.82, 2.24) is 0 Å². The van der Waals surface area contributed by atoms with Gasteiger partial charge in [-0.2, -0.15) is 0 Å². The molecule has 0 spiro atoms. The maximum absolute atomic E-state index is 12.0. The molecule has 3 nitrogen and oxygen atoms in total. The molecule has 0 radical (unpaired) electrons. The highest BCUT2D eigenvalue weighted by Crippen LogP contribution is 2.19. The standard InChI is InChI=1S/C17H20N2O/c1-3-13-8-9-15(11-16(13)18)19-17(20)10-14-7-5-4-6-12(14)2/h4-9,11H,3,10,18H2,1-2H3,(H,19,20). The normalized spacial score (nSPS) is 10.3. The first-order valence-electron chi connectivity index (χ1n) is 6.83. The lowest BCUT2D eigenvalue weighted by atomic mass is 10.1. The number of hydrogen-bond donors (Lipinski definition) is 2. The second kappa shape index (κ2) is 6.24. The van der Waals surface area contributed by atoms with Crippen LogP contribution >= 0.6 is 0 Å². The monoisotopic (exact) mass is 268 g/mol. The van der Waals surface area contributed by atoms with Crippen molar-refractivity contribution in [3.63, 3.8) is 0 Å². The molecule has 2 aromatic carbocycles. The minimum atomic E-state index is -0.0250. The van der Waals surface area contributed by atoms with Gasteiger partial charge < -0.3 is 11.1 Å². The van der Waals surface area contributed by atoms with Crippen LogP contribution in [0.2, 0.25) is 0 Å². The van der Waals surface area contributed by atoms with Crippen molar-refractivity contribution in [3.8, 4) is 0 Å². The number of carbonyl (C=O) groups is 1. The molecule has 0 saturated heterocycles. The number of amides is 1. The summed E-state index contributed by atoms with van der Waals surface area (Å²) in [6.45, 7) is 4.07. The van der Waals surface area contributed by atoms with Crippen molar-refractivity contribution in [2.24, 2.45) is 0 Å². The number of hydrogen-bond acceptors (Lipinski definition) is 2. The van der Waals surface area contributed by atoms with E-state index in [4.69, 9.17) is 5.73 Å². The molecule has 0 aromatic heterocycles. The number of nitrogen functional groups attached to an aromatic ring is 1. The Kier molecular flexibility index (Phi) is 4.41. The molecule has 0 saturated carbocycles. The molecule has 0 aliphatic heterocycles. The smallest absolute Gasteiger partial charge is 0.228 e. The number of carbonyl (C=O) groups excluding carboxylic acids is 1. The van der Waals surface area contributed by atoms with Gasteiger partial charge in [-0.05, 0) is 42.2 Å². The number of benzene rings is 2. The predicted octanol–water partition coefficient (Wildman–Crippen LogP) is 3.32. The van der Waals surface area contributed by atoms with E-state index in [0.717, 1.165) is 34.5 Å². The van der Waals surface area contributed by atoms with E-state index in [1.54, 1.807) is 0 Å². The van der Waals surface area contributed by atoms with Gasteiger partial charge in [-0.15, -0.1) is 0 Å². The van der Waals surface area contributed by atoms with Crippen LogP contribution in [0.4, 0.5) is 11.4 Å². The van der Waals surface area contributed by atoms with Crippen molar-refractivity contribution in [3.05, 3.63) is 59.2 Å². The average molecular weight is 268 g/mol. The molecule has 0 heterocycles. The predicted molar refractivity (Wildman–Crippen MR) is 83.7 cm³/mol. The zero-order valence-electron chi connectivity index (χ0n) is 11.9. The molecule has 0 unspecified atom stereocenters. The van der Waals surface area contributed by atoms with Crippen LogP contribution in [-0.2, 0) is 17.6 Å². The lowest BCUT2D eigenvalue weighted by Crippen LogP contribution is -2.15. The molecule has 0 atom stereocenters. The summed E-state index contributed by atoms with van der Waals surface area (Å²) in [6.07, 6.45) is 1.27. The van der Waals surface area contributed by atoms with E-state index in [9.17, 15) is 4.79 Å². The third kappa shape index (κ3) is 3.38. The summed E-state index contributed by atoms with van der Waals surface area (Å²) in [5, 5.41) is 2.89.